The van der Waals surface area contributed by atoms with Gasteiger partial charge in [0.15, 0.2) is 0 Å². The van der Waals surface area contributed by atoms with E-state index in [4.69, 9.17) is 15.0 Å². The van der Waals surface area contributed by atoms with Gasteiger partial charge in [0.2, 0.25) is 0 Å². The molecule has 3 nitrogen and oxygen atoms in total. The highest BCUT2D eigenvalue weighted by atomic mass is 14.7. The maximum absolute atomic E-state index is 5.48. The molecule has 27 aromatic rings. The molecule has 24 aromatic carbocycles. The first-order valence-corrected chi connectivity index (χ1v) is 51.8. The lowest BCUT2D eigenvalue weighted by Crippen LogP contribution is -2.25. The van der Waals surface area contributed by atoms with Crippen LogP contribution in [0, 0.1) is 0 Å². The Balaban J connectivity index is 0.000000101. The third-order valence-electron chi connectivity index (χ3n) is 33.5. The van der Waals surface area contributed by atoms with Crippen molar-refractivity contribution in [1.29, 1.82) is 0 Å². The fourth-order valence-electron chi connectivity index (χ4n) is 27.3. The predicted molar refractivity (Wildman–Crippen MR) is 620 cm³/mol. The molecule has 0 atom stereocenters. The largest absolute Gasteiger partial charge is 0.247 e. The molecular formula is C146H89N3. The smallest absolute Gasteiger partial charge is 0.0794 e. The van der Waals surface area contributed by atoms with Crippen LogP contribution in [0.1, 0.15) is 66.8 Å². The number of hydrogen-bond donors (Lipinski definition) is 0. The molecule has 0 amide bonds. The monoisotopic (exact) mass is 1880 g/mol. The van der Waals surface area contributed by atoms with Crippen LogP contribution in [0.25, 0.3) is 232 Å². The Morgan fingerprint density at radius 1 is 0.121 bits per heavy atom. The lowest BCUT2D eigenvalue weighted by Gasteiger charge is -2.30. The summed E-state index contributed by atoms with van der Waals surface area (Å²) in [5.41, 5.74) is 49.9. The second kappa shape index (κ2) is 32.9. The average molecular weight is 1890 g/mol. The number of aromatic nitrogens is 3. The molecule has 0 fully saturated rings. The van der Waals surface area contributed by atoms with Gasteiger partial charge in [0.1, 0.15) is 0 Å². The van der Waals surface area contributed by atoms with Crippen LogP contribution in [-0.4, -0.2) is 15.0 Å². The Labute approximate surface area is 863 Å². The molecule has 3 heterocycles. The third kappa shape index (κ3) is 12.2. The van der Waals surface area contributed by atoms with Crippen LogP contribution < -0.4 is 0 Å². The van der Waals surface area contributed by atoms with Crippen molar-refractivity contribution >= 4 is 86.6 Å². The molecule has 0 unspecified atom stereocenters. The van der Waals surface area contributed by atoms with Crippen molar-refractivity contribution in [2.24, 2.45) is 0 Å². The number of rotatable bonds is 7. The van der Waals surface area contributed by atoms with Crippen molar-refractivity contribution < 1.29 is 0 Å². The Morgan fingerprint density at radius 2 is 0.356 bits per heavy atom. The van der Waals surface area contributed by atoms with Gasteiger partial charge in [-0.2, -0.15) is 0 Å². The van der Waals surface area contributed by atoms with Gasteiger partial charge < -0.3 is 0 Å². The number of fused-ring (bicyclic) bond motifs is 44. The lowest BCUT2D eigenvalue weighted by molar-refractivity contribution is 0.794. The van der Waals surface area contributed by atoms with Crippen LogP contribution in [0.3, 0.4) is 0 Å². The van der Waals surface area contributed by atoms with Gasteiger partial charge in [-0.15, -0.1) is 0 Å². The van der Waals surface area contributed by atoms with Gasteiger partial charge in [-0.1, -0.05) is 516 Å². The van der Waals surface area contributed by atoms with E-state index in [1.807, 2.05) is 0 Å². The summed E-state index contributed by atoms with van der Waals surface area (Å²) in [5.74, 6) is 0. The molecule has 0 N–H and O–H groups in total. The van der Waals surface area contributed by atoms with Crippen LogP contribution in [0.2, 0.25) is 0 Å². The molecule has 6 aliphatic rings. The number of hydrogen-bond acceptors (Lipinski definition) is 3. The normalized spacial score (nSPS) is 13.4. The van der Waals surface area contributed by atoms with E-state index in [0.29, 0.717) is 0 Å². The molecule has 0 bridgehead atoms. The van der Waals surface area contributed by atoms with Gasteiger partial charge in [0.05, 0.1) is 49.9 Å². The van der Waals surface area contributed by atoms with E-state index < -0.39 is 16.2 Å². The summed E-state index contributed by atoms with van der Waals surface area (Å²) in [5, 5.41) is 16.0. The predicted octanol–water partition coefficient (Wildman–Crippen LogP) is 37.2. The van der Waals surface area contributed by atoms with Crippen molar-refractivity contribution in [3.8, 4) is 145 Å². The van der Waals surface area contributed by atoms with E-state index in [1.165, 1.54) is 248 Å². The van der Waals surface area contributed by atoms with Crippen molar-refractivity contribution in [3.05, 3.63) is 607 Å². The summed E-state index contributed by atoms with van der Waals surface area (Å²) >= 11 is 0. The Kier molecular flexibility index (Phi) is 18.6. The number of nitrogens with zero attached hydrogens (tertiary/aromatic N) is 3. The summed E-state index contributed by atoms with van der Waals surface area (Å²) in [7, 11) is 0. The first-order valence-electron chi connectivity index (χ1n) is 51.8. The molecule has 3 spiro atoms. The van der Waals surface area contributed by atoms with E-state index in [1.54, 1.807) is 0 Å². The Bertz CT molecular complexity index is 10200. The number of benzene rings is 24. The topological polar surface area (TPSA) is 38.7 Å². The first kappa shape index (κ1) is 84.3. The van der Waals surface area contributed by atoms with Crippen molar-refractivity contribution in [2.75, 3.05) is 0 Å². The summed E-state index contributed by atoms with van der Waals surface area (Å²) in [6.07, 6.45) is 0. The zero-order valence-electron chi connectivity index (χ0n) is 81.2. The molecular weight excluding hydrogens is 1800 g/mol. The SMILES string of the molecule is c1ccc(-c2ccc(-c3ccc(-c4nc5ccccc5c5ccc6c(c45)-c4ccccc4C64c5ccccc5-c5ccccc54)cc3)cc2)cc1.c1ccc2c(c1)-c1ccccc1C21c2ccccc2-c2c1ccc1c2c(-c2ccc(-c3ccc4ccccc4c3)cc2)nc2ccccc21.c1ccc2c(c1)-c1ccccc1C21c2ccccc2-c2c1ccc1c2c(-c2ccc(-c3cccc4ccccc34)cc2)nc2ccccc21. The van der Waals surface area contributed by atoms with E-state index in [9.17, 15) is 0 Å². The zero-order chi connectivity index (χ0) is 97.7. The average Bonchev–Trinajstić information content (AvgIpc) is 1.51. The van der Waals surface area contributed by atoms with E-state index in [-0.39, 0.29) is 0 Å². The van der Waals surface area contributed by atoms with Crippen LogP contribution in [0.5, 0.6) is 0 Å². The van der Waals surface area contributed by atoms with Crippen molar-refractivity contribution in [2.45, 2.75) is 16.2 Å². The highest BCUT2D eigenvalue weighted by Crippen LogP contribution is 2.69. The number of pyridine rings is 3. The summed E-state index contributed by atoms with van der Waals surface area (Å²) < 4.78 is 0. The zero-order valence-corrected chi connectivity index (χ0v) is 81.2. The van der Waals surface area contributed by atoms with Crippen LogP contribution in [-0.2, 0) is 16.2 Å². The van der Waals surface area contributed by atoms with Crippen LogP contribution in [0.15, 0.2) is 540 Å². The summed E-state index contributed by atoms with van der Waals surface area (Å²) in [6.45, 7) is 0. The van der Waals surface area contributed by atoms with Crippen molar-refractivity contribution in [3.63, 3.8) is 0 Å². The lowest BCUT2D eigenvalue weighted by atomic mass is 9.70. The van der Waals surface area contributed by atoms with Crippen LogP contribution in [0.4, 0.5) is 0 Å². The second-order valence-corrected chi connectivity index (χ2v) is 40.6. The van der Waals surface area contributed by atoms with E-state index in [2.05, 4.69) is 540 Å². The minimum atomic E-state index is -0.397. The van der Waals surface area contributed by atoms with Gasteiger partial charge in [-0.3, -0.25) is 0 Å². The maximum atomic E-state index is 5.48. The molecule has 33 rings (SSSR count). The molecule has 0 saturated carbocycles. The molecule has 0 aliphatic heterocycles. The van der Waals surface area contributed by atoms with Crippen molar-refractivity contribution in [1.82, 2.24) is 15.0 Å². The molecule has 149 heavy (non-hydrogen) atoms. The van der Waals surface area contributed by atoms with Gasteiger partial charge in [0, 0.05) is 49.0 Å². The molecule has 0 saturated heterocycles. The highest BCUT2D eigenvalue weighted by molar-refractivity contribution is 6.23. The molecule has 688 valence electrons. The molecule has 3 aromatic heterocycles. The van der Waals surface area contributed by atoms with Gasteiger partial charge in [-0.25, -0.2) is 15.0 Å². The van der Waals surface area contributed by atoms with E-state index in [0.717, 1.165) is 50.3 Å². The Hall–Kier alpha value is -19.2. The summed E-state index contributed by atoms with van der Waals surface area (Å²) in [4.78, 5) is 16.4. The van der Waals surface area contributed by atoms with Gasteiger partial charge in [0.25, 0.3) is 0 Å². The minimum Gasteiger partial charge on any atom is -0.247 e. The minimum absolute atomic E-state index is 0.393. The molecule has 0 radical (unpaired) electrons. The van der Waals surface area contributed by atoms with E-state index >= 15 is 0 Å². The quantitative estimate of drug-likeness (QED) is 0.149. The fraction of sp³-hybridized carbons (Fsp3) is 0.0205. The molecule has 6 aliphatic carbocycles. The fourth-order valence-corrected chi connectivity index (χ4v) is 27.3. The standard InChI is InChI=1S/C50H31N.2C48H29N/c1-2-12-32(13-3-1)33-22-24-34(25-23-33)35-26-28-36(29-27-35)49-48-40(39-16-7-11-21-46(39)51-49)30-31-45-47(48)41-17-6-10-20-44(41)50(45)42-18-8-4-14-37(42)38-15-5-9-19-43(38)50;1-2-14-33-30(12-1)13-11-19-34(33)31-24-26-32(27-25-31)47-46-38(37-17-6-10-23-44(37)49-47)28-29-43-45(46)39-18-5-9-22-42(39)48(43)40-20-7-3-15-35(40)36-16-4-8-21-41(36)48;1-2-12-33-29-34(26-23-30(33)11-1)31-21-24-32(25-22-31)47-46-38(37-15-6-10-20-44(37)49-47)27-28-43-45(46)39-16-5-9-19-42(39)48(43)40-17-7-3-13-35(40)36-14-4-8-18-41(36)48/h1-31H;2*1-29H. The highest BCUT2D eigenvalue weighted by Gasteiger charge is 2.56. The second-order valence-electron chi connectivity index (χ2n) is 40.6. The maximum Gasteiger partial charge on any atom is 0.0794 e. The van der Waals surface area contributed by atoms with Gasteiger partial charge in [-0.05, 0) is 240 Å². The number of para-hydroxylation sites is 3. The van der Waals surface area contributed by atoms with Crippen LogP contribution >= 0.6 is 0 Å². The van der Waals surface area contributed by atoms with Gasteiger partial charge >= 0.3 is 0 Å². The summed E-state index contributed by atoms with van der Waals surface area (Å²) in [6, 6.07) is 198. The third-order valence-corrected chi connectivity index (χ3v) is 33.5. The first-order chi connectivity index (χ1) is 73.9. The Morgan fingerprint density at radius 3 is 0.705 bits per heavy atom. The molecule has 3 heteroatoms.